The van der Waals surface area contributed by atoms with Crippen molar-refractivity contribution in [1.82, 2.24) is 0 Å². The average molecular weight is 446 g/mol. The van der Waals surface area contributed by atoms with E-state index >= 15 is 0 Å². The van der Waals surface area contributed by atoms with Gasteiger partial charge in [-0.15, -0.1) is 0 Å². The highest BCUT2D eigenvalue weighted by molar-refractivity contribution is 6.00. The van der Waals surface area contributed by atoms with E-state index in [-0.39, 0.29) is 24.5 Å². The number of Topliss-reactive ketones (excluding diaryl/α,β-unsaturated/α-hetero) is 1. The first-order chi connectivity index (χ1) is 15.8. The number of carbonyl (C=O) groups excluding carboxylic acids is 3. The van der Waals surface area contributed by atoms with E-state index in [1.54, 1.807) is 54.6 Å². The molecule has 0 heterocycles. The fourth-order valence-corrected chi connectivity index (χ4v) is 3.11. The Balaban J connectivity index is 1.44. The van der Waals surface area contributed by atoms with Gasteiger partial charge in [-0.3, -0.25) is 14.4 Å². The van der Waals surface area contributed by atoms with Gasteiger partial charge >= 0.3 is 5.97 Å². The summed E-state index contributed by atoms with van der Waals surface area (Å²) in [6, 6.07) is 21.5. The Bertz CT molecular complexity index is 1120. The van der Waals surface area contributed by atoms with Crippen LogP contribution in [0.5, 0.6) is 11.5 Å². The predicted octanol–water partition coefficient (Wildman–Crippen LogP) is 5.63. The Labute approximate surface area is 193 Å². The lowest BCUT2D eigenvalue weighted by Crippen LogP contribution is -2.25. The van der Waals surface area contributed by atoms with Gasteiger partial charge in [0, 0.05) is 17.7 Å². The first kappa shape index (κ1) is 23.7. The molecule has 0 spiro atoms. The van der Waals surface area contributed by atoms with Crippen molar-refractivity contribution in [2.24, 2.45) is 0 Å². The normalized spacial score (nSPS) is 11.4. The van der Waals surface area contributed by atoms with Crippen molar-refractivity contribution < 1.29 is 23.9 Å². The minimum absolute atomic E-state index is 0.0496. The van der Waals surface area contributed by atoms with Gasteiger partial charge in [-0.1, -0.05) is 36.4 Å². The number of esters is 1. The van der Waals surface area contributed by atoms with Crippen molar-refractivity contribution in [1.29, 1.82) is 0 Å². The summed E-state index contributed by atoms with van der Waals surface area (Å²) in [5.41, 5.74) is 3.41. The van der Waals surface area contributed by atoms with E-state index in [1.807, 2.05) is 32.0 Å². The Morgan fingerprint density at radius 2 is 1.48 bits per heavy atom. The molecule has 3 aromatic rings. The molecule has 1 atom stereocenters. The fraction of sp³-hybridized carbons (Fsp3) is 0.222. The number of carbonyl (C=O) groups is 3. The van der Waals surface area contributed by atoms with Crippen LogP contribution in [-0.2, 0) is 14.3 Å². The molecule has 3 aromatic carbocycles. The smallest absolute Gasteiger partial charge is 0.307 e. The molecule has 0 saturated carbocycles. The van der Waals surface area contributed by atoms with Crippen LogP contribution in [0.15, 0.2) is 72.8 Å². The largest absolute Gasteiger partial charge is 0.457 e. The zero-order valence-electron chi connectivity index (χ0n) is 19.0. The van der Waals surface area contributed by atoms with Crippen molar-refractivity contribution in [3.63, 3.8) is 0 Å². The van der Waals surface area contributed by atoms with Gasteiger partial charge in [0.1, 0.15) is 11.5 Å². The maximum atomic E-state index is 12.3. The standard InChI is InChI=1S/C27H27NO5/c1-18-9-12-24(17-19(18)2)33-23-13-10-22(11-14-23)28-25(29)15-16-26(30)32-20(3)27(31)21-7-5-4-6-8-21/h4-14,17,20H,15-16H2,1-3H3,(H,28,29). The minimum atomic E-state index is -0.909. The van der Waals surface area contributed by atoms with Crippen LogP contribution in [0.1, 0.15) is 41.3 Å². The summed E-state index contributed by atoms with van der Waals surface area (Å²) in [6.45, 7) is 5.59. The molecular formula is C27H27NO5. The molecule has 0 saturated heterocycles. The Morgan fingerprint density at radius 1 is 0.818 bits per heavy atom. The summed E-state index contributed by atoms with van der Waals surface area (Å²) in [5, 5.41) is 2.74. The fourth-order valence-electron chi connectivity index (χ4n) is 3.11. The van der Waals surface area contributed by atoms with Crippen molar-refractivity contribution in [2.75, 3.05) is 5.32 Å². The molecule has 0 aliphatic rings. The van der Waals surface area contributed by atoms with Crippen LogP contribution in [0.25, 0.3) is 0 Å². The minimum Gasteiger partial charge on any atom is -0.457 e. The second kappa shape index (κ2) is 11.1. The number of aryl methyl sites for hydroxylation is 2. The van der Waals surface area contributed by atoms with Gasteiger partial charge in [-0.25, -0.2) is 0 Å². The maximum absolute atomic E-state index is 12.3. The number of benzene rings is 3. The average Bonchev–Trinajstić information content (AvgIpc) is 2.81. The lowest BCUT2D eigenvalue weighted by Gasteiger charge is -2.12. The molecule has 33 heavy (non-hydrogen) atoms. The molecule has 6 heteroatoms. The van der Waals surface area contributed by atoms with E-state index in [0.29, 0.717) is 17.0 Å². The summed E-state index contributed by atoms with van der Waals surface area (Å²) in [6.07, 6.45) is -1.08. The van der Waals surface area contributed by atoms with Crippen LogP contribution < -0.4 is 10.1 Å². The number of hydrogen-bond acceptors (Lipinski definition) is 5. The van der Waals surface area contributed by atoms with Crippen LogP contribution in [0.4, 0.5) is 5.69 Å². The second-order valence-corrected chi connectivity index (χ2v) is 7.78. The van der Waals surface area contributed by atoms with E-state index in [0.717, 1.165) is 11.3 Å². The lowest BCUT2D eigenvalue weighted by atomic mass is 10.1. The molecule has 0 aliphatic heterocycles. The molecule has 170 valence electrons. The third-order valence-electron chi connectivity index (χ3n) is 5.14. The number of ether oxygens (including phenoxy) is 2. The monoisotopic (exact) mass is 445 g/mol. The van der Waals surface area contributed by atoms with Gasteiger partial charge in [0.25, 0.3) is 0 Å². The van der Waals surface area contributed by atoms with Crippen LogP contribution in [0.3, 0.4) is 0 Å². The van der Waals surface area contributed by atoms with Gasteiger partial charge < -0.3 is 14.8 Å². The van der Waals surface area contributed by atoms with Gasteiger partial charge in [0.15, 0.2) is 6.10 Å². The van der Waals surface area contributed by atoms with Crippen molar-refractivity contribution in [2.45, 2.75) is 39.7 Å². The number of rotatable bonds is 9. The highest BCUT2D eigenvalue weighted by Crippen LogP contribution is 2.25. The molecule has 3 rings (SSSR count). The van der Waals surface area contributed by atoms with Crippen molar-refractivity contribution in [3.05, 3.63) is 89.5 Å². The molecule has 6 nitrogen and oxygen atoms in total. The van der Waals surface area contributed by atoms with E-state index < -0.39 is 12.1 Å². The summed E-state index contributed by atoms with van der Waals surface area (Å²) in [4.78, 5) is 36.5. The van der Waals surface area contributed by atoms with Crippen LogP contribution in [0, 0.1) is 13.8 Å². The highest BCUT2D eigenvalue weighted by atomic mass is 16.5. The number of anilines is 1. The Kier molecular flexibility index (Phi) is 7.97. The summed E-state index contributed by atoms with van der Waals surface area (Å²) < 4.78 is 11.0. The third-order valence-corrected chi connectivity index (χ3v) is 5.14. The highest BCUT2D eigenvalue weighted by Gasteiger charge is 2.19. The topological polar surface area (TPSA) is 81.7 Å². The Morgan fingerprint density at radius 3 is 2.15 bits per heavy atom. The molecule has 1 amide bonds. The van der Waals surface area contributed by atoms with Crippen LogP contribution in [-0.4, -0.2) is 23.8 Å². The van der Waals surface area contributed by atoms with E-state index in [9.17, 15) is 14.4 Å². The number of ketones is 1. The van der Waals surface area contributed by atoms with Crippen molar-refractivity contribution >= 4 is 23.3 Å². The molecule has 0 radical (unpaired) electrons. The first-order valence-corrected chi connectivity index (χ1v) is 10.8. The summed E-state index contributed by atoms with van der Waals surface area (Å²) >= 11 is 0. The Hall–Kier alpha value is -3.93. The molecule has 1 N–H and O–H groups in total. The first-order valence-electron chi connectivity index (χ1n) is 10.8. The van der Waals surface area contributed by atoms with Crippen LogP contribution in [0.2, 0.25) is 0 Å². The van der Waals surface area contributed by atoms with Gasteiger partial charge in [0.05, 0.1) is 6.42 Å². The lowest BCUT2D eigenvalue weighted by molar-refractivity contribution is -0.147. The quantitative estimate of drug-likeness (QED) is 0.341. The number of nitrogens with one attached hydrogen (secondary N) is 1. The molecular weight excluding hydrogens is 418 g/mol. The zero-order chi connectivity index (χ0) is 23.8. The van der Waals surface area contributed by atoms with E-state index in [1.165, 1.54) is 12.5 Å². The van der Waals surface area contributed by atoms with Crippen LogP contribution >= 0.6 is 0 Å². The predicted molar refractivity (Wildman–Crippen MR) is 127 cm³/mol. The van der Waals surface area contributed by atoms with E-state index in [4.69, 9.17) is 9.47 Å². The molecule has 0 aliphatic carbocycles. The maximum Gasteiger partial charge on any atom is 0.307 e. The number of hydrogen-bond donors (Lipinski definition) is 1. The van der Waals surface area contributed by atoms with Gasteiger partial charge in [0.2, 0.25) is 11.7 Å². The molecule has 0 bridgehead atoms. The van der Waals surface area contributed by atoms with Crippen molar-refractivity contribution in [3.8, 4) is 11.5 Å². The summed E-state index contributed by atoms with van der Waals surface area (Å²) in [5.74, 6) is 0.192. The molecule has 0 aromatic heterocycles. The summed E-state index contributed by atoms with van der Waals surface area (Å²) in [7, 11) is 0. The third kappa shape index (κ3) is 7.04. The molecule has 0 fully saturated rings. The zero-order valence-corrected chi connectivity index (χ0v) is 19.0. The van der Waals surface area contributed by atoms with Gasteiger partial charge in [-0.05, 0) is 68.3 Å². The van der Waals surface area contributed by atoms with E-state index in [2.05, 4.69) is 5.32 Å². The molecule has 1 unspecified atom stereocenters. The van der Waals surface area contributed by atoms with Gasteiger partial charge in [-0.2, -0.15) is 0 Å². The number of amides is 1. The second-order valence-electron chi connectivity index (χ2n) is 7.78. The SMILES string of the molecule is Cc1ccc(Oc2ccc(NC(=O)CCC(=O)OC(C)C(=O)c3ccccc3)cc2)cc1C.